The Kier molecular flexibility index (Phi) is 3.24. The third-order valence-electron chi connectivity index (χ3n) is 4.64. The summed E-state index contributed by atoms with van der Waals surface area (Å²) in [4.78, 5) is 26.3. The Bertz CT molecular complexity index is 1070. The first kappa shape index (κ1) is 14.9. The number of fused-ring (bicyclic) bond motifs is 2. The fraction of sp³-hybridized carbons (Fsp3) is 0.375. The summed E-state index contributed by atoms with van der Waals surface area (Å²) >= 11 is 0. The molecule has 0 radical (unpaired) electrons. The topological polar surface area (TPSA) is 97.3 Å². The highest BCUT2D eigenvalue weighted by Crippen LogP contribution is 2.28. The Labute approximate surface area is 135 Å². The third-order valence-corrected chi connectivity index (χ3v) is 4.64. The molecule has 8 heteroatoms. The van der Waals surface area contributed by atoms with E-state index < -0.39 is 16.8 Å². The van der Waals surface area contributed by atoms with Gasteiger partial charge in [-0.1, -0.05) is 0 Å². The molecule has 3 aromatic rings. The van der Waals surface area contributed by atoms with Gasteiger partial charge in [0.05, 0.1) is 11.2 Å². The lowest BCUT2D eigenvalue weighted by molar-refractivity contribution is 0.430. The molecule has 2 aromatic heterocycles. The molecule has 1 unspecified atom stereocenters. The van der Waals surface area contributed by atoms with Gasteiger partial charge >= 0.3 is 0 Å². The molecule has 126 valence electrons. The zero-order valence-electron chi connectivity index (χ0n) is 13.1. The number of hydrogen-bond donors (Lipinski definition) is 2. The fourth-order valence-corrected chi connectivity index (χ4v) is 3.45. The molecule has 24 heavy (non-hydrogen) atoms. The number of nitrogens with two attached hydrogens (primary N) is 1. The smallest absolute Gasteiger partial charge is 0.293 e. The van der Waals surface area contributed by atoms with Crippen molar-refractivity contribution in [3.8, 4) is 0 Å². The summed E-state index contributed by atoms with van der Waals surface area (Å²) in [5, 5.41) is 2.27. The van der Waals surface area contributed by atoms with Gasteiger partial charge in [0, 0.05) is 31.1 Å². The molecular weight excluding hydrogens is 315 g/mol. The highest BCUT2D eigenvalue weighted by atomic mass is 19.1. The van der Waals surface area contributed by atoms with Gasteiger partial charge in [-0.05, 0) is 25.5 Å². The summed E-state index contributed by atoms with van der Waals surface area (Å²) in [7, 11) is 0. The predicted molar refractivity (Wildman–Crippen MR) is 89.0 cm³/mol. The van der Waals surface area contributed by atoms with Crippen molar-refractivity contribution in [1.82, 2.24) is 9.72 Å². The largest absolute Gasteiger partial charge is 0.367 e. The van der Waals surface area contributed by atoms with Gasteiger partial charge in [-0.3, -0.25) is 9.59 Å². The Hall–Kier alpha value is -2.61. The average molecular weight is 332 g/mol. The summed E-state index contributed by atoms with van der Waals surface area (Å²) in [6.07, 6.45) is 0.795. The zero-order valence-corrected chi connectivity index (χ0v) is 13.1. The van der Waals surface area contributed by atoms with Crippen LogP contribution < -0.4 is 21.6 Å². The van der Waals surface area contributed by atoms with Gasteiger partial charge in [0.2, 0.25) is 11.1 Å². The van der Waals surface area contributed by atoms with Gasteiger partial charge in [-0.2, -0.15) is 5.16 Å². The molecule has 1 aliphatic rings. The monoisotopic (exact) mass is 332 g/mol. The standard InChI is InChI=1S/C16H17FN4O3/c1-2-21-11-6-12(20-4-3-8(18)7-20)10(17)5-9(11)14(22)13-15(23)19-24-16(13)21/h5-6,8H,2-4,7,18H2,1H3,(H,19,23). The minimum absolute atomic E-state index is 0.0126. The molecule has 3 N–H and O–H groups in total. The van der Waals surface area contributed by atoms with Gasteiger partial charge in [-0.25, -0.2) is 4.39 Å². The number of aryl methyl sites for hydroxylation is 1. The molecule has 0 aliphatic carbocycles. The van der Waals surface area contributed by atoms with E-state index in [9.17, 15) is 14.0 Å². The maximum Gasteiger partial charge on any atom is 0.293 e. The number of anilines is 1. The average Bonchev–Trinajstić information content (AvgIpc) is 3.15. The van der Waals surface area contributed by atoms with Gasteiger partial charge in [0.1, 0.15) is 5.82 Å². The minimum atomic E-state index is -0.603. The highest BCUT2D eigenvalue weighted by molar-refractivity contribution is 5.92. The molecule has 1 atom stereocenters. The summed E-state index contributed by atoms with van der Waals surface area (Å²) < 4.78 is 21.5. The van der Waals surface area contributed by atoms with Crippen LogP contribution in [-0.4, -0.2) is 28.9 Å². The second-order valence-corrected chi connectivity index (χ2v) is 6.10. The SMILES string of the molecule is CCn1c2cc(N3CCC(N)C3)c(F)cc2c(=O)c2c(=O)[nH]oc21. The second-order valence-electron chi connectivity index (χ2n) is 6.10. The Morgan fingerprint density at radius 2 is 2.21 bits per heavy atom. The Morgan fingerprint density at radius 3 is 2.88 bits per heavy atom. The number of pyridine rings is 1. The van der Waals surface area contributed by atoms with E-state index in [-0.39, 0.29) is 22.5 Å². The van der Waals surface area contributed by atoms with Crippen molar-refractivity contribution >= 4 is 27.7 Å². The number of halogens is 1. The molecule has 1 saturated heterocycles. The van der Waals surface area contributed by atoms with Crippen LogP contribution in [-0.2, 0) is 6.54 Å². The predicted octanol–water partition coefficient (Wildman–Crippen LogP) is 1.13. The van der Waals surface area contributed by atoms with Gasteiger partial charge < -0.3 is 19.7 Å². The van der Waals surface area contributed by atoms with E-state index in [1.54, 1.807) is 10.6 Å². The number of rotatable bonds is 2. The zero-order chi connectivity index (χ0) is 17.0. The highest BCUT2D eigenvalue weighted by Gasteiger charge is 2.24. The summed E-state index contributed by atoms with van der Waals surface area (Å²) in [6, 6.07) is 2.85. The van der Waals surface area contributed by atoms with Crippen LogP contribution in [0.5, 0.6) is 0 Å². The number of nitrogens with one attached hydrogen (secondary N) is 1. The van der Waals surface area contributed by atoms with Crippen LogP contribution in [0.4, 0.5) is 10.1 Å². The van der Waals surface area contributed by atoms with Crippen molar-refractivity contribution in [2.45, 2.75) is 25.9 Å². The van der Waals surface area contributed by atoms with Crippen LogP contribution in [0.15, 0.2) is 26.2 Å². The molecule has 1 fully saturated rings. The molecule has 1 aliphatic heterocycles. The molecule has 0 amide bonds. The van der Waals surface area contributed by atoms with Crippen molar-refractivity contribution in [2.24, 2.45) is 5.73 Å². The first-order valence-corrected chi connectivity index (χ1v) is 7.89. The fourth-order valence-electron chi connectivity index (χ4n) is 3.45. The van der Waals surface area contributed by atoms with Crippen molar-refractivity contribution in [3.63, 3.8) is 0 Å². The summed E-state index contributed by atoms with van der Waals surface area (Å²) in [6.45, 7) is 3.57. The van der Waals surface area contributed by atoms with E-state index >= 15 is 0 Å². The minimum Gasteiger partial charge on any atom is -0.367 e. The van der Waals surface area contributed by atoms with Crippen LogP contribution in [0.25, 0.3) is 22.0 Å². The third kappa shape index (κ3) is 1.99. The molecule has 4 rings (SSSR count). The van der Waals surface area contributed by atoms with E-state index in [1.807, 2.05) is 11.8 Å². The first-order valence-electron chi connectivity index (χ1n) is 7.89. The number of benzene rings is 1. The van der Waals surface area contributed by atoms with Crippen molar-refractivity contribution in [1.29, 1.82) is 0 Å². The lowest BCUT2D eigenvalue weighted by Gasteiger charge is -2.20. The van der Waals surface area contributed by atoms with E-state index in [0.29, 0.717) is 30.8 Å². The second kappa shape index (κ2) is 5.20. The number of hydrogen-bond acceptors (Lipinski definition) is 5. The van der Waals surface area contributed by atoms with Crippen LogP contribution in [0.1, 0.15) is 13.3 Å². The normalized spacial score (nSPS) is 18.1. The molecule has 0 bridgehead atoms. The van der Waals surface area contributed by atoms with Crippen molar-refractivity contribution < 1.29 is 8.91 Å². The van der Waals surface area contributed by atoms with Crippen molar-refractivity contribution in [3.05, 3.63) is 38.5 Å². The Balaban J connectivity index is 2.08. The van der Waals surface area contributed by atoms with Crippen LogP contribution in [0.2, 0.25) is 0 Å². The quantitative estimate of drug-likeness (QED) is 0.733. The molecular formula is C16H17FN4O3. The first-order chi connectivity index (χ1) is 11.5. The van der Waals surface area contributed by atoms with Crippen LogP contribution in [0.3, 0.4) is 0 Å². The van der Waals surface area contributed by atoms with Gasteiger partial charge in [-0.15, -0.1) is 0 Å². The molecule has 1 aromatic carbocycles. The lowest BCUT2D eigenvalue weighted by Crippen LogP contribution is -2.27. The lowest BCUT2D eigenvalue weighted by atomic mass is 10.1. The van der Waals surface area contributed by atoms with E-state index in [1.165, 1.54) is 6.07 Å². The van der Waals surface area contributed by atoms with Crippen molar-refractivity contribution in [2.75, 3.05) is 18.0 Å². The summed E-state index contributed by atoms with van der Waals surface area (Å²) in [5.74, 6) is -0.490. The number of nitrogens with zero attached hydrogens (tertiary/aromatic N) is 2. The van der Waals surface area contributed by atoms with Gasteiger partial charge in [0.25, 0.3) is 5.56 Å². The number of aromatic amines is 1. The molecule has 0 saturated carbocycles. The number of aromatic nitrogens is 2. The molecule has 3 heterocycles. The van der Waals surface area contributed by atoms with E-state index in [4.69, 9.17) is 10.3 Å². The van der Waals surface area contributed by atoms with Crippen LogP contribution in [0, 0.1) is 5.82 Å². The van der Waals surface area contributed by atoms with E-state index in [2.05, 4.69) is 5.16 Å². The van der Waals surface area contributed by atoms with Crippen LogP contribution >= 0.6 is 0 Å². The summed E-state index contributed by atoms with van der Waals surface area (Å²) in [5.41, 5.74) is 5.91. The van der Waals surface area contributed by atoms with E-state index in [0.717, 1.165) is 6.42 Å². The number of H-pyrrole nitrogens is 1. The van der Waals surface area contributed by atoms with Gasteiger partial charge in [0.15, 0.2) is 5.39 Å². The molecule has 0 spiro atoms. The Morgan fingerprint density at radius 1 is 1.42 bits per heavy atom. The maximum atomic E-state index is 14.6. The maximum absolute atomic E-state index is 14.6. The molecule has 7 nitrogen and oxygen atoms in total.